The molecule has 1 fully saturated rings. The molecule has 1 aliphatic heterocycles. The van der Waals surface area contributed by atoms with Crippen LogP contribution in [-0.4, -0.2) is 30.0 Å². The van der Waals surface area contributed by atoms with E-state index in [1.165, 1.54) is 0 Å². The Morgan fingerprint density at radius 3 is 2.78 bits per heavy atom. The number of rotatable bonds is 1. The van der Waals surface area contributed by atoms with Gasteiger partial charge in [0.05, 0.1) is 12.6 Å². The smallest absolute Gasteiger partial charge is 0.407 e. The van der Waals surface area contributed by atoms with Gasteiger partial charge in [-0.1, -0.05) is 0 Å². The number of aliphatic hydroxyl groups excluding tert-OH is 1. The fourth-order valence-electron chi connectivity index (χ4n) is 0.748. The van der Waals surface area contributed by atoms with Gasteiger partial charge < -0.3 is 15.2 Å². The maximum absolute atomic E-state index is 10.4. The standard InChI is InChI=1S/C5H9NO3/c1-3-4(2-7)6-5(8)9-3/h3-4,7H,2H2,1H3,(H,6,8). The number of cyclic esters (lactones) is 1. The molecule has 0 radical (unpaired) electrons. The lowest BCUT2D eigenvalue weighted by Crippen LogP contribution is -2.33. The summed E-state index contributed by atoms with van der Waals surface area (Å²) in [4.78, 5) is 10.4. The molecule has 1 rings (SSSR count). The SMILES string of the molecule is CC1OC(=O)NC1CO. The van der Waals surface area contributed by atoms with Crippen LogP contribution in [0, 0.1) is 0 Å². The Hall–Kier alpha value is -0.770. The number of alkyl carbamates (subject to hydrolysis) is 1. The Bertz CT molecular complexity index is 125. The highest BCUT2D eigenvalue weighted by atomic mass is 16.6. The fraction of sp³-hybridized carbons (Fsp3) is 0.800. The normalized spacial score (nSPS) is 33.8. The second kappa shape index (κ2) is 2.23. The third-order valence-electron chi connectivity index (χ3n) is 1.36. The van der Waals surface area contributed by atoms with Gasteiger partial charge in [-0.3, -0.25) is 0 Å². The number of ether oxygens (including phenoxy) is 1. The highest BCUT2D eigenvalue weighted by Gasteiger charge is 2.29. The van der Waals surface area contributed by atoms with Crippen LogP contribution in [0.25, 0.3) is 0 Å². The molecule has 2 N–H and O–H groups in total. The van der Waals surface area contributed by atoms with Crippen molar-refractivity contribution in [2.75, 3.05) is 6.61 Å². The largest absolute Gasteiger partial charge is 0.444 e. The molecule has 0 bridgehead atoms. The summed E-state index contributed by atoms with van der Waals surface area (Å²) in [6.45, 7) is 1.67. The average Bonchev–Trinajstić information content (AvgIpc) is 2.10. The van der Waals surface area contributed by atoms with Gasteiger partial charge in [0.25, 0.3) is 0 Å². The van der Waals surface area contributed by atoms with Crippen molar-refractivity contribution in [3.63, 3.8) is 0 Å². The Morgan fingerprint density at radius 1 is 1.89 bits per heavy atom. The monoisotopic (exact) mass is 131 g/mol. The minimum Gasteiger partial charge on any atom is -0.444 e. The van der Waals surface area contributed by atoms with Crippen LogP contribution >= 0.6 is 0 Å². The highest BCUT2D eigenvalue weighted by Crippen LogP contribution is 2.05. The second-order valence-corrected chi connectivity index (χ2v) is 2.04. The minimum atomic E-state index is -0.443. The van der Waals surface area contributed by atoms with E-state index in [0.29, 0.717) is 0 Å². The van der Waals surface area contributed by atoms with Crippen molar-refractivity contribution in [2.24, 2.45) is 0 Å². The van der Waals surface area contributed by atoms with Crippen molar-refractivity contribution >= 4 is 6.09 Å². The van der Waals surface area contributed by atoms with E-state index >= 15 is 0 Å². The van der Waals surface area contributed by atoms with E-state index < -0.39 is 6.09 Å². The zero-order valence-electron chi connectivity index (χ0n) is 5.13. The van der Waals surface area contributed by atoms with Gasteiger partial charge in [-0.25, -0.2) is 4.79 Å². The van der Waals surface area contributed by atoms with Gasteiger partial charge in [0.15, 0.2) is 0 Å². The summed E-state index contributed by atoms with van der Waals surface area (Å²) in [6, 6.07) is -0.225. The van der Waals surface area contributed by atoms with Crippen LogP contribution in [0.2, 0.25) is 0 Å². The van der Waals surface area contributed by atoms with Crippen molar-refractivity contribution in [1.82, 2.24) is 5.32 Å². The molecule has 0 spiro atoms. The van der Waals surface area contributed by atoms with Gasteiger partial charge in [-0.05, 0) is 6.92 Å². The van der Waals surface area contributed by atoms with Gasteiger partial charge in [-0.2, -0.15) is 0 Å². The van der Waals surface area contributed by atoms with E-state index in [2.05, 4.69) is 10.1 Å². The summed E-state index contributed by atoms with van der Waals surface area (Å²) in [5.74, 6) is 0. The maximum atomic E-state index is 10.4. The lowest BCUT2D eigenvalue weighted by molar-refractivity contribution is 0.129. The van der Waals surface area contributed by atoms with Crippen LogP contribution in [0.4, 0.5) is 4.79 Å². The van der Waals surface area contributed by atoms with E-state index in [-0.39, 0.29) is 18.8 Å². The van der Waals surface area contributed by atoms with Crippen molar-refractivity contribution in [3.05, 3.63) is 0 Å². The third kappa shape index (κ3) is 1.13. The van der Waals surface area contributed by atoms with E-state index in [1.54, 1.807) is 6.92 Å². The molecule has 4 nitrogen and oxygen atoms in total. The summed E-state index contributed by atoms with van der Waals surface area (Å²) < 4.78 is 4.65. The van der Waals surface area contributed by atoms with Crippen molar-refractivity contribution in [1.29, 1.82) is 0 Å². The van der Waals surface area contributed by atoms with E-state index in [1.807, 2.05) is 0 Å². The van der Waals surface area contributed by atoms with Gasteiger partial charge in [0.2, 0.25) is 0 Å². The van der Waals surface area contributed by atoms with E-state index in [9.17, 15) is 4.79 Å². The van der Waals surface area contributed by atoms with Gasteiger partial charge in [0, 0.05) is 0 Å². The first-order valence-corrected chi connectivity index (χ1v) is 2.82. The highest BCUT2D eigenvalue weighted by molar-refractivity contribution is 5.70. The Kier molecular flexibility index (Phi) is 1.57. The van der Waals surface area contributed by atoms with Crippen LogP contribution in [0.15, 0.2) is 0 Å². The summed E-state index contributed by atoms with van der Waals surface area (Å²) in [7, 11) is 0. The number of amides is 1. The molecule has 1 saturated heterocycles. The first kappa shape index (κ1) is 6.35. The van der Waals surface area contributed by atoms with Crippen LogP contribution in [-0.2, 0) is 4.74 Å². The average molecular weight is 131 g/mol. The van der Waals surface area contributed by atoms with Gasteiger partial charge >= 0.3 is 6.09 Å². The molecule has 9 heavy (non-hydrogen) atoms. The second-order valence-electron chi connectivity index (χ2n) is 2.04. The molecule has 0 aromatic rings. The summed E-state index contributed by atoms with van der Waals surface area (Å²) in [5, 5.41) is 11.0. The fourth-order valence-corrected chi connectivity index (χ4v) is 0.748. The topological polar surface area (TPSA) is 58.6 Å². The molecule has 0 aliphatic carbocycles. The predicted molar refractivity (Wildman–Crippen MR) is 30.0 cm³/mol. The lowest BCUT2D eigenvalue weighted by atomic mass is 10.2. The molecule has 0 aromatic carbocycles. The minimum absolute atomic E-state index is 0.0626. The molecule has 0 saturated carbocycles. The maximum Gasteiger partial charge on any atom is 0.407 e. The molecule has 1 aliphatic rings. The first-order valence-electron chi connectivity index (χ1n) is 2.82. The van der Waals surface area contributed by atoms with Crippen molar-refractivity contribution < 1.29 is 14.6 Å². The number of nitrogens with one attached hydrogen (secondary N) is 1. The number of aliphatic hydroxyl groups is 1. The van der Waals surface area contributed by atoms with Crippen LogP contribution < -0.4 is 5.32 Å². The van der Waals surface area contributed by atoms with Gasteiger partial charge in [0.1, 0.15) is 6.10 Å². The molecule has 0 aromatic heterocycles. The summed E-state index contributed by atoms with van der Waals surface area (Å²) in [6.07, 6.45) is -0.649. The summed E-state index contributed by atoms with van der Waals surface area (Å²) in [5.41, 5.74) is 0. The van der Waals surface area contributed by atoms with Crippen molar-refractivity contribution in [2.45, 2.75) is 19.1 Å². The first-order chi connectivity index (χ1) is 4.24. The van der Waals surface area contributed by atoms with Crippen LogP contribution in [0.3, 0.4) is 0 Å². The molecule has 2 atom stereocenters. The molecule has 1 heterocycles. The zero-order chi connectivity index (χ0) is 6.85. The third-order valence-corrected chi connectivity index (χ3v) is 1.36. The number of carbonyl (C=O) groups is 1. The Balaban J connectivity index is 2.47. The van der Waals surface area contributed by atoms with E-state index in [4.69, 9.17) is 5.11 Å². The quantitative estimate of drug-likeness (QED) is 0.503. The molecule has 1 amide bonds. The molecular formula is C5H9NO3. The van der Waals surface area contributed by atoms with Crippen LogP contribution in [0.1, 0.15) is 6.92 Å². The zero-order valence-corrected chi connectivity index (χ0v) is 5.13. The lowest BCUT2D eigenvalue weighted by Gasteiger charge is -2.06. The Morgan fingerprint density at radius 2 is 2.56 bits per heavy atom. The van der Waals surface area contributed by atoms with Crippen LogP contribution in [0.5, 0.6) is 0 Å². The number of hydrogen-bond acceptors (Lipinski definition) is 3. The Labute approximate surface area is 52.8 Å². The van der Waals surface area contributed by atoms with Crippen molar-refractivity contribution in [3.8, 4) is 0 Å². The number of hydrogen-bond donors (Lipinski definition) is 2. The molecule has 2 unspecified atom stereocenters. The van der Waals surface area contributed by atoms with E-state index in [0.717, 1.165) is 0 Å². The number of carbonyl (C=O) groups excluding carboxylic acids is 1. The summed E-state index contributed by atoms with van der Waals surface area (Å²) >= 11 is 0. The predicted octanol–water partition coefficient (Wildman–Crippen LogP) is -0.524. The molecule has 52 valence electrons. The molecule has 4 heteroatoms. The molecular weight excluding hydrogens is 122 g/mol. The van der Waals surface area contributed by atoms with Gasteiger partial charge in [-0.15, -0.1) is 0 Å².